The van der Waals surface area contributed by atoms with Gasteiger partial charge in [0.05, 0.1) is 6.61 Å². The number of rotatable bonds is 0. The summed E-state index contributed by atoms with van der Waals surface area (Å²) in [5.74, 6) is 0. The van der Waals surface area contributed by atoms with Crippen molar-refractivity contribution in [3.05, 3.63) is 0 Å². The minimum absolute atomic E-state index is 0.271. The summed E-state index contributed by atoms with van der Waals surface area (Å²) >= 11 is 0. The maximum Gasteiger partial charge on any atom is 0.0623 e. The van der Waals surface area contributed by atoms with Gasteiger partial charge in [0, 0.05) is 31.2 Å². The number of hydrogen-bond donors (Lipinski definition) is 1. The molecule has 0 aliphatic carbocycles. The van der Waals surface area contributed by atoms with E-state index in [-0.39, 0.29) is 6.04 Å². The molecule has 0 aromatic heterocycles. The molecule has 2 N–H and O–H groups in total. The monoisotopic (exact) mass is 156 g/mol. The van der Waals surface area contributed by atoms with Gasteiger partial charge in [0.15, 0.2) is 0 Å². The molecule has 0 saturated carbocycles. The standard InChI is InChI=1S/C8H16N2O/c1-10-5-8(6-10)2-3-11-4-7(8)9/h7H,2-6,9H2,1H3/t7-/m0/s1. The third-order valence-electron chi connectivity index (χ3n) is 3.00. The Morgan fingerprint density at radius 1 is 1.55 bits per heavy atom. The Kier molecular flexibility index (Phi) is 1.67. The average molecular weight is 156 g/mol. The molecule has 0 bridgehead atoms. The number of nitrogens with zero attached hydrogens (tertiary/aromatic N) is 1. The molecule has 1 spiro atoms. The van der Waals surface area contributed by atoms with Crippen LogP contribution in [0.15, 0.2) is 0 Å². The summed E-state index contributed by atoms with van der Waals surface area (Å²) in [6, 6.07) is 0.271. The Morgan fingerprint density at radius 3 is 2.82 bits per heavy atom. The van der Waals surface area contributed by atoms with Crippen molar-refractivity contribution in [2.45, 2.75) is 12.5 Å². The quantitative estimate of drug-likeness (QED) is 0.522. The second kappa shape index (κ2) is 2.44. The maximum absolute atomic E-state index is 5.99. The predicted octanol–water partition coefficient (Wildman–Crippen LogP) is -0.334. The molecule has 3 heteroatoms. The van der Waals surface area contributed by atoms with E-state index in [9.17, 15) is 0 Å². The smallest absolute Gasteiger partial charge is 0.0623 e. The largest absolute Gasteiger partial charge is 0.380 e. The van der Waals surface area contributed by atoms with Gasteiger partial charge in [-0.3, -0.25) is 0 Å². The van der Waals surface area contributed by atoms with Crippen LogP contribution in [0, 0.1) is 5.41 Å². The van der Waals surface area contributed by atoms with Gasteiger partial charge in [-0.25, -0.2) is 0 Å². The zero-order valence-corrected chi connectivity index (χ0v) is 7.05. The van der Waals surface area contributed by atoms with Crippen molar-refractivity contribution in [1.82, 2.24) is 4.90 Å². The molecule has 2 fully saturated rings. The third kappa shape index (κ3) is 1.08. The van der Waals surface area contributed by atoms with E-state index in [1.165, 1.54) is 0 Å². The molecule has 2 aliphatic heterocycles. The number of hydrogen-bond acceptors (Lipinski definition) is 3. The van der Waals surface area contributed by atoms with Crippen molar-refractivity contribution in [3.63, 3.8) is 0 Å². The molecule has 2 aliphatic rings. The fourth-order valence-corrected chi connectivity index (χ4v) is 2.27. The number of likely N-dealkylation sites (tertiary alicyclic amines) is 1. The summed E-state index contributed by atoms with van der Waals surface area (Å²) in [4.78, 5) is 2.32. The highest BCUT2D eigenvalue weighted by Gasteiger charge is 2.47. The van der Waals surface area contributed by atoms with Gasteiger partial charge in [0.2, 0.25) is 0 Å². The number of ether oxygens (including phenoxy) is 1. The molecule has 0 unspecified atom stereocenters. The molecule has 11 heavy (non-hydrogen) atoms. The average Bonchev–Trinajstić information content (AvgIpc) is 1.92. The SMILES string of the molecule is CN1CC2(CCOC[C@@H]2N)C1. The molecule has 2 saturated heterocycles. The predicted molar refractivity (Wildman–Crippen MR) is 43.3 cm³/mol. The summed E-state index contributed by atoms with van der Waals surface area (Å²) in [7, 11) is 2.15. The van der Waals surface area contributed by atoms with Crippen molar-refractivity contribution < 1.29 is 4.74 Å². The lowest BCUT2D eigenvalue weighted by Crippen LogP contribution is -2.66. The first-order chi connectivity index (χ1) is 5.23. The first kappa shape index (κ1) is 7.53. The van der Waals surface area contributed by atoms with Crippen LogP contribution in [-0.2, 0) is 4.74 Å². The lowest BCUT2D eigenvalue weighted by molar-refractivity contribution is -0.0858. The van der Waals surface area contributed by atoms with Gasteiger partial charge in [-0.1, -0.05) is 0 Å². The molecule has 0 amide bonds. The van der Waals surface area contributed by atoms with E-state index in [0.29, 0.717) is 5.41 Å². The van der Waals surface area contributed by atoms with Crippen LogP contribution in [0.5, 0.6) is 0 Å². The van der Waals surface area contributed by atoms with E-state index < -0.39 is 0 Å². The molecular weight excluding hydrogens is 140 g/mol. The molecule has 2 heterocycles. The highest BCUT2D eigenvalue weighted by Crippen LogP contribution is 2.37. The van der Waals surface area contributed by atoms with Gasteiger partial charge in [-0.15, -0.1) is 0 Å². The van der Waals surface area contributed by atoms with Crippen LogP contribution in [0.25, 0.3) is 0 Å². The van der Waals surface area contributed by atoms with Crippen LogP contribution in [-0.4, -0.2) is 44.3 Å². The van der Waals surface area contributed by atoms with E-state index in [1.54, 1.807) is 0 Å². The minimum Gasteiger partial charge on any atom is -0.380 e. The lowest BCUT2D eigenvalue weighted by atomic mass is 9.71. The molecule has 0 aromatic rings. The molecule has 0 radical (unpaired) electrons. The fourth-order valence-electron chi connectivity index (χ4n) is 2.27. The zero-order chi connectivity index (χ0) is 7.90. The van der Waals surface area contributed by atoms with Crippen LogP contribution in [0.2, 0.25) is 0 Å². The van der Waals surface area contributed by atoms with E-state index in [0.717, 1.165) is 32.7 Å². The van der Waals surface area contributed by atoms with Crippen molar-refractivity contribution in [3.8, 4) is 0 Å². The fraction of sp³-hybridized carbons (Fsp3) is 1.00. The second-order valence-electron chi connectivity index (χ2n) is 3.97. The summed E-state index contributed by atoms with van der Waals surface area (Å²) in [5, 5.41) is 0. The van der Waals surface area contributed by atoms with Gasteiger partial charge < -0.3 is 15.4 Å². The highest BCUT2D eigenvalue weighted by molar-refractivity contribution is 5.01. The normalized spacial score (nSPS) is 37.1. The summed E-state index contributed by atoms with van der Waals surface area (Å²) in [6.07, 6.45) is 1.15. The van der Waals surface area contributed by atoms with E-state index in [2.05, 4.69) is 11.9 Å². The Hall–Kier alpha value is -0.120. The van der Waals surface area contributed by atoms with Crippen LogP contribution in [0.3, 0.4) is 0 Å². The zero-order valence-electron chi connectivity index (χ0n) is 7.05. The molecular formula is C8H16N2O. The Balaban J connectivity index is 2.00. The first-order valence-corrected chi connectivity index (χ1v) is 4.25. The molecule has 3 nitrogen and oxygen atoms in total. The van der Waals surface area contributed by atoms with Crippen LogP contribution in [0.4, 0.5) is 0 Å². The van der Waals surface area contributed by atoms with Crippen molar-refractivity contribution in [2.75, 3.05) is 33.4 Å². The van der Waals surface area contributed by atoms with Gasteiger partial charge >= 0.3 is 0 Å². The molecule has 1 atom stereocenters. The molecule has 2 rings (SSSR count). The van der Waals surface area contributed by atoms with E-state index in [4.69, 9.17) is 10.5 Å². The van der Waals surface area contributed by atoms with Gasteiger partial charge in [0.1, 0.15) is 0 Å². The third-order valence-corrected chi connectivity index (χ3v) is 3.00. The van der Waals surface area contributed by atoms with Crippen molar-refractivity contribution >= 4 is 0 Å². The lowest BCUT2D eigenvalue weighted by Gasteiger charge is -2.54. The summed E-state index contributed by atoms with van der Waals surface area (Å²) in [6.45, 7) is 3.99. The van der Waals surface area contributed by atoms with Gasteiger partial charge in [-0.2, -0.15) is 0 Å². The topological polar surface area (TPSA) is 38.5 Å². The minimum atomic E-state index is 0.271. The van der Waals surface area contributed by atoms with E-state index >= 15 is 0 Å². The van der Waals surface area contributed by atoms with Crippen molar-refractivity contribution in [1.29, 1.82) is 0 Å². The summed E-state index contributed by atoms with van der Waals surface area (Å²) in [5.41, 5.74) is 6.40. The Labute approximate surface area is 67.5 Å². The van der Waals surface area contributed by atoms with Gasteiger partial charge in [0.25, 0.3) is 0 Å². The summed E-state index contributed by atoms with van der Waals surface area (Å²) < 4.78 is 5.30. The number of nitrogens with two attached hydrogens (primary N) is 1. The molecule has 0 aromatic carbocycles. The Morgan fingerprint density at radius 2 is 2.27 bits per heavy atom. The first-order valence-electron chi connectivity index (χ1n) is 4.25. The van der Waals surface area contributed by atoms with Gasteiger partial charge in [-0.05, 0) is 13.5 Å². The van der Waals surface area contributed by atoms with E-state index in [1.807, 2.05) is 0 Å². The second-order valence-corrected chi connectivity index (χ2v) is 3.97. The Bertz CT molecular complexity index is 149. The van der Waals surface area contributed by atoms with Crippen molar-refractivity contribution in [2.24, 2.45) is 11.1 Å². The maximum atomic E-state index is 5.99. The molecule has 64 valence electrons. The van der Waals surface area contributed by atoms with Crippen LogP contribution in [0.1, 0.15) is 6.42 Å². The van der Waals surface area contributed by atoms with Crippen LogP contribution < -0.4 is 5.73 Å². The highest BCUT2D eigenvalue weighted by atomic mass is 16.5. The van der Waals surface area contributed by atoms with Crippen LogP contribution >= 0.6 is 0 Å².